The van der Waals surface area contributed by atoms with E-state index in [1.54, 1.807) is 6.92 Å². The topological polar surface area (TPSA) is 68.2 Å². The molecule has 1 aromatic carbocycles. The van der Waals surface area contributed by atoms with Crippen molar-refractivity contribution < 1.29 is 9.90 Å². The van der Waals surface area contributed by atoms with Crippen LogP contribution in [-0.4, -0.2) is 59.0 Å². The Kier molecular flexibility index (Phi) is 7.69. The molecular weight excluding hydrogens is 443 g/mol. The first-order valence-corrected chi connectivity index (χ1v) is 9.18. The fraction of sp³-hybridized carbons (Fsp3) is 0.579. The summed E-state index contributed by atoms with van der Waals surface area (Å²) in [4.78, 5) is 21.1. The lowest BCUT2D eigenvalue weighted by molar-refractivity contribution is -0.135. The number of amides is 1. The van der Waals surface area contributed by atoms with Gasteiger partial charge in [-0.15, -0.1) is 24.0 Å². The first-order valence-electron chi connectivity index (χ1n) is 9.18. The predicted octanol–water partition coefficient (Wildman–Crippen LogP) is 2.13. The van der Waals surface area contributed by atoms with Crippen LogP contribution in [0, 0.1) is 0 Å². The van der Waals surface area contributed by atoms with Crippen LogP contribution in [0.2, 0.25) is 0 Å². The molecule has 0 spiro atoms. The van der Waals surface area contributed by atoms with Gasteiger partial charge in [0, 0.05) is 25.7 Å². The van der Waals surface area contributed by atoms with Gasteiger partial charge in [0.15, 0.2) is 5.96 Å². The molecule has 0 bridgehead atoms. The van der Waals surface area contributed by atoms with Crippen LogP contribution >= 0.6 is 24.0 Å². The summed E-state index contributed by atoms with van der Waals surface area (Å²) < 4.78 is 0. The lowest BCUT2D eigenvalue weighted by Gasteiger charge is -2.36. The van der Waals surface area contributed by atoms with Crippen molar-refractivity contribution in [1.29, 1.82) is 0 Å². The predicted molar refractivity (Wildman–Crippen MR) is 114 cm³/mol. The molecule has 1 unspecified atom stereocenters. The summed E-state index contributed by atoms with van der Waals surface area (Å²) >= 11 is 0. The highest BCUT2D eigenvalue weighted by atomic mass is 127. The second kappa shape index (κ2) is 9.55. The lowest BCUT2D eigenvalue weighted by Crippen LogP contribution is -2.55. The number of hydrogen-bond donors (Lipinski definition) is 2. The summed E-state index contributed by atoms with van der Waals surface area (Å²) in [5.41, 5.74) is 1.99. The quantitative estimate of drug-likeness (QED) is 0.392. The Morgan fingerprint density at radius 3 is 2.54 bits per heavy atom. The molecule has 1 amide bonds. The Morgan fingerprint density at radius 1 is 1.31 bits per heavy atom. The van der Waals surface area contributed by atoms with Gasteiger partial charge in [-0.1, -0.05) is 24.3 Å². The van der Waals surface area contributed by atoms with Crippen LogP contribution in [-0.2, 0) is 11.3 Å². The molecule has 0 radical (unpaired) electrons. The van der Waals surface area contributed by atoms with E-state index >= 15 is 0 Å². The van der Waals surface area contributed by atoms with Gasteiger partial charge in [0.05, 0.1) is 19.2 Å². The van der Waals surface area contributed by atoms with Crippen LogP contribution in [0.25, 0.3) is 0 Å². The SMILES string of the molecule is CCNC(=NCc1ccc(C(C)O)cc1)N1CCN(C2CC2)C(=O)C1.I. The fourth-order valence-corrected chi connectivity index (χ4v) is 3.13. The average molecular weight is 472 g/mol. The molecule has 26 heavy (non-hydrogen) atoms. The number of carbonyl (C=O) groups excluding carboxylic acids is 1. The zero-order valence-corrected chi connectivity index (χ0v) is 17.8. The Balaban J connectivity index is 0.00000243. The van der Waals surface area contributed by atoms with E-state index < -0.39 is 6.10 Å². The van der Waals surface area contributed by atoms with Crippen LogP contribution in [0.4, 0.5) is 0 Å². The maximum Gasteiger partial charge on any atom is 0.242 e. The van der Waals surface area contributed by atoms with Crippen molar-refractivity contribution in [3.8, 4) is 0 Å². The average Bonchev–Trinajstić information content (AvgIpc) is 3.43. The molecule has 7 heteroatoms. The van der Waals surface area contributed by atoms with Gasteiger partial charge in [0.2, 0.25) is 5.91 Å². The number of aliphatic hydroxyl groups is 1. The van der Waals surface area contributed by atoms with Gasteiger partial charge >= 0.3 is 0 Å². The third-order valence-electron chi connectivity index (χ3n) is 4.75. The Hall–Kier alpha value is -1.35. The summed E-state index contributed by atoms with van der Waals surface area (Å²) in [6.07, 6.45) is 1.86. The number of aliphatic imine (C=N–C) groups is 1. The third kappa shape index (κ3) is 5.33. The molecule has 1 heterocycles. The minimum Gasteiger partial charge on any atom is -0.389 e. The highest BCUT2D eigenvalue weighted by molar-refractivity contribution is 14.0. The third-order valence-corrected chi connectivity index (χ3v) is 4.75. The van der Waals surface area contributed by atoms with Gasteiger partial charge in [0.1, 0.15) is 0 Å². The molecule has 3 rings (SSSR count). The van der Waals surface area contributed by atoms with E-state index in [-0.39, 0.29) is 29.9 Å². The maximum atomic E-state index is 12.3. The maximum absolute atomic E-state index is 12.3. The number of nitrogens with zero attached hydrogens (tertiary/aromatic N) is 3. The molecule has 6 nitrogen and oxygen atoms in total. The largest absolute Gasteiger partial charge is 0.389 e. The zero-order valence-electron chi connectivity index (χ0n) is 15.5. The Labute approximate surface area is 172 Å². The Morgan fingerprint density at radius 2 is 2.00 bits per heavy atom. The van der Waals surface area contributed by atoms with Gasteiger partial charge < -0.3 is 20.2 Å². The minimum absolute atomic E-state index is 0. The summed E-state index contributed by atoms with van der Waals surface area (Å²) in [5.74, 6) is 1.01. The van der Waals surface area contributed by atoms with Crippen LogP contribution in [0.5, 0.6) is 0 Å². The van der Waals surface area contributed by atoms with Crippen LogP contribution in [0.1, 0.15) is 43.9 Å². The van der Waals surface area contributed by atoms with E-state index in [2.05, 4.69) is 10.2 Å². The van der Waals surface area contributed by atoms with Crippen molar-refractivity contribution in [2.24, 2.45) is 4.99 Å². The number of halogens is 1. The van der Waals surface area contributed by atoms with Gasteiger partial charge in [-0.05, 0) is 37.8 Å². The Bertz CT molecular complexity index is 629. The van der Waals surface area contributed by atoms with Crippen molar-refractivity contribution in [3.05, 3.63) is 35.4 Å². The molecule has 2 aliphatic rings. The van der Waals surface area contributed by atoms with Crippen molar-refractivity contribution in [2.45, 2.75) is 45.4 Å². The van der Waals surface area contributed by atoms with E-state index in [0.717, 1.165) is 49.6 Å². The first kappa shape index (κ1) is 21.0. The summed E-state index contributed by atoms with van der Waals surface area (Å²) in [5, 5.41) is 12.9. The second-order valence-electron chi connectivity index (χ2n) is 6.83. The molecule has 1 atom stereocenters. The molecular formula is C19H29IN4O2. The number of aliphatic hydroxyl groups excluding tert-OH is 1. The summed E-state index contributed by atoms with van der Waals surface area (Å²) in [7, 11) is 0. The van der Waals surface area contributed by atoms with E-state index in [4.69, 9.17) is 4.99 Å². The number of rotatable bonds is 5. The molecule has 1 aliphatic carbocycles. The summed E-state index contributed by atoms with van der Waals surface area (Å²) in [6.45, 7) is 7.15. The van der Waals surface area contributed by atoms with Crippen molar-refractivity contribution in [3.63, 3.8) is 0 Å². The van der Waals surface area contributed by atoms with Crippen LogP contribution < -0.4 is 5.32 Å². The molecule has 144 valence electrons. The summed E-state index contributed by atoms with van der Waals surface area (Å²) in [6, 6.07) is 8.33. The number of guanidine groups is 1. The number of nitrogens with one attached hydrogen (secondary N) is 1. The van der Waals surface area contributed by atoms with Crippen molar-refractivity contribution in [1.82, 2.24) is 15.1 Å². The molecule has 1 saturated heterocycles. The zero-order chi connectivity index (χ0) is 17.8. The van der Waals surface area contributed by atoms with Crippen LogP contribution in [0.15, 0.2) is 29.3 Å². The van der Waals surface area contributed by atoms with Crippen LogP contribution in [0.3, 0.4) is 0 Å². The lowest BCUT2D eigenvalue weighted by atomic mass is 10.1. The highest BCUT2D eigenvalue weighted by Gasteiger charge is 2.36. The highest BCUT2D eigenvalue weighted by Crippen LogP contribution is 2.28. The molecule has 0 aromatic heterocycles. The van der Waals surface area contributed by atoms with Gasteiger partial charge in [-0.3, -0.25) is 4.79 Å². The number of hydrogen-bond acceptors (Lipinski definition) is 3. The molecule has 1 saturated carbocycles. The van der Waals surface area contributed by atoms with Crippen molar-refractivity contribution in [2.75, 3.05) is 26.2 Å². The van der Waals surface area contributed by atoms with Gasteiger partial charge in [-0.25, -0.2) is 4.99 Å². The normalized spacial score (nSPS) is 19.2. The number of carbonyl (C=O) groups is 1. The number of benzene rings is 1. The van der Waals surface area contributed by atoms with E-state index in [9.17, 15) is 9.90 Å². The molecule has 2 fully saturated rings. The van der Waals surface area contributed by atoms with Gasteiger partial charge in [-0.2, -0.15) is 0 Å². The van der Waals surface area contributed by atoms with E-state index in [1.807, 2.05) is 36.1 Å². The second-order valence-corrected chi connectivity index (χ2v) is 6.83. The fourth-order valence-electron chi connectivity index (χ4n) is 3.13. The smallest absolute Gasteiger partial charge is 0.242 e. The number of piperazine rings is 1. The minimum atomic E-state index is -0.455. The monoisotopic (exact) mass is 472 g/mol. The van der Waals surface area contributed by atoms with Gasteiger partial charge in [0.25, 0.3) is 0 Å². The van der Waals surface area contributed by atoms with E-state index in [0.29, 0.717) is 19.1 Å². The molecule has 1 aromatic rings. The molecule has 1 aliphatic heterocycles. The van der Waals surface area contributed by atoms with E-state index in [1.165, 1.54) is 0 Å². The standard InChI is InChI=1S/C19H28N4O2.HI/c1-3-20-19(21-12-15-4-6-16(7-5-15)14(2)24)22-10-11-23(17-8-9-17)18(25)13-22;/h4-7,14,17,24H,3,8-13H2,1-2H3,(H,20,21);1H. The first-order chi connectivity index (χ1) is 12.1. The molecule has 2 N–H and O–H groups in total. The van der Waals surface area contributed by atoms with Crippen molar-refractivity contribution >= 4 is 35.8 Å².